The molecule has 146 valence electrons. The highest BCUT2D eigenvalue weighted by Gasteiger charge is 2.15. The zero-order valence-electron chi connectivity index (χ0n) is 15.6. The molecule has 0 aliphatic heterocycles. The van der Waals surface area contributed by atoms with Gasteiger partial charge in [0.05, 0.1) is 10.6 Å². The van der Waals surface area contributed by atoms with E-state index in [1.165, 1.54) is 11.8 Å². The Morgan fingerprint density at radius 2 is 2.14 bits per heavy atom. The molecule has 0 atom stereocenters. The van der Waals surface area contributed by atoms with Crippen molar-refractivity contribution in [2.24, 2.45) is 0 Å². The minimum Gasteiger partial charge on any atom is -0.355 e. The van der Waals surface area contributed by atoms with E-state index in [4.69, 9.17) is 0 Å². The highest BCUT2D eigenvalue weighted by molar-refractivity contribution is 7.99. The van der Waals surface area contributed by atoms with Gasteiger partial charge in [-0.25, -0.2) is 0 Å². The lowest BCUT2D eigenvalue weighted by molar-refractivity contribution is -0.118. The van der Waals surface area contributed by atoms with Gasteiger partial charge in [-0.1, -0.05) is 30.0 Å². The molecular weight excluding hydrogens is 394 g/mol. The Kier molecular flexibility index (Phi) is 6.83. The molecule has 0 saturated heterocycles. The number of carbonyl (C=O) groups excluding carboxylic acids is 2. The Bertz CT molecular complexity index is 942. The summed E-state index contributed by atoms with van der Waals surface area (Å²) in [6.07, 6.45) is 7.70. The summed E-state index contributed by atoms with van der Waals surface area (Å²) in [4.78, 5) is 25.1. The van der Waals surface area contributed by atoms with Gasteiger partial charge in [0.1, 0.15) is 0 Å². The van der Waals surface area contributed by atoms with Crippen molar-refractivity contribution >= 4 is 34.9 Å². The predicted molar refractivity (Wildman–Crippen MR) is 112 cm³/mol. The van der Waals surface area contributed by atoms with E-state index in [2.05, 4.69) is 20.8 Å². The number of likely N-dealkylation sites (N-methyl/N-ethyl adjacent to an activating group) is 1. The molecular formula is C19H21N5O2S2. The van der Waals surface area contributed by atoms with Crippen LogP contribution in [-0.4, -0.2) is 39.4 Å². The Labute approximate surface area is 171 Å². The standard InChI is InChI=1S/C19H21N5O2S2/c1-3-24-17(15-8-5-11-27-15)22-23-19(24)28-12-16(25)21-14-7-4-6-13(9-10-14)18(26)20-2/h5-11H,3-4,12H2,1-2H3,(H,20,26)(H,21,25). The van der Waals surface area contributed by atoms with Crippen LogP contribution in [-0.2, 0) is 16.1 Å². The molecule has 0 aromatic carbocycles. The average molecular weight is 416 g/mol. The maximum Gasteiger partial charge on any atom is 0.250 e. The summed E-state index contributed by atoms with van der Waals surface area (Å²) < 4.78 is 2.01. The largest absolute Gasteiger partial charge is 0.355 e. The predicted octanol–water partition coefficient (Wildman–Crippen LogP) is 2.75. The van der Waals surface area contributed by atoms with Crippen molar-refractivity contribution in [3.8, 4) is 10.7 Å². The van der Waals surface area contributed by atoms with Gasteiger partial charge in [0.15, 0.2) is 11.0 Å². The number of thiophene rings is 1. The molecule has 9 heteroatoms. The smallest absolute Gasteiger partial charge is 0.250 e. The van der Waals surface area contributed by atoms with Gasteiger partial charge >= 0.3 is 0 Å². The normalized spacial score (nSPS) is 13.5. The molecule has 28 heavy (non-hydrogen) atoms. The Hall–Kier alpha value is -2.65. The lowest BCUT2D eigenvalue weighted by atomic mass is 10.2. The zero-order valence-corrected chi connectivity index (χ0v) is 17.3. The third kappa shape index (κ3) is 4.79. The molecule has 0 radical (unpaired) electrons. The molecule has 0 fully saturated rings. The summed E-state index contributed by atoms with van der Waals surface area (Å²) >= 11 is 2.97. The van der Waals surface area contributed by atoms with Crippen molar-refractivity contribution in [3.05, 3.63) is 53.1 Å². The first-order valence-corrected chi connectivity index (χ1v) is 10.7. The second-order valence-corrected chi connectivity index (χ2v) is 7.72. The first kappa shape index (κ1) is 20.1. The van der Waals surface area contributed by atoms with E-state index in [-0.39, 0.29) is 17.6 Å². The minimum absolute atomic E-state index is 0.132. The lowest BCUT2D eigenvalue weighted by Crippen LogP contribution is -2.24. The van der Waals surface area contributed by atoms with E-state index in [1.807, 2.05) is 41.2 Å². The van der Waals surface area contributed by atoms with Gasteiger partial charge in [-0.3, -0.25) is 9.59 Å². The zero-order chi connectivity index (χ0) is 19.9. The molecule has 1 aliphatic rings. The summed E-state index contributed by atoms with van der Waals surface area (Å²) in [5.41, 5.74) is 1.26. The van der Waals surface area contributed by atoms with E-state index in [0.717, 1.165) is 22.4 Å². The number of rotatable bonds is 7. The van der Waals surface area contributed by atoms with E-state index in [9.17, 15) is 9.59 Å². The molecule has 0 bridgehead atoms. The number of carbonyl (C=O) groups is 2. The van der Waals surface area contributed by atoms with Gasteiger partial charge in [0.25, 0.3) is 5.91 Å². The van der Waals surface area contributed by atoms with Crippen LogP contribution in [0.4, 0.5) is 0 Å². The van der Waals surface area contributed by atoms with Crippen LogP contribution < -0.4 is 10.6 Å². The molecule has 0 unspecified atom stereocenters. The summed E-state index contributed by atoms with van der Waals surface area (Å²) in [5.74, 6) is 0.771. The monoisotopic (exact) mass is 415 g/mol. The lowest BCUT2D eigenvalue weighted by Gasteiger charge is -2.07. The SMILES string of the molecule is CCn1c(SCC(=O)NC2=CCC=C(C(=O)NC)C=C2)nnc1-c1cccs1. The molecule has 1 aliphatic carbocycles. The topological polar surface area (TPSA) is 88.9 Å². The van der Waals surface area contributed by atoms with Gasteiger partial charge in [-0.2, -0.15) is 0 Å². The van der Waals surface area contributed by atoms with Crippen molar-refractivity contribution in [1.82, 2.24) is 25.4 Å². The molecule has 2 N–H and O–H groups in total. The number of hydrogen-bond acceptors (Lipinski definition) is 6. The number of aromatic nitrogens is 3. The van der Waals surface area contributed by atoms with Crippen molar-refractivity contribution < 1.29 is 9.59 Å². The van der Waals surface area contributed by atoms with Crippen LogP contribution in [0, 0.1) is 0 Å². The maximum absolute atomic E-state index is 12.3. The van der Waals surface area contributed by atoms with Crippen molar-refractivity contribution in [2.75, 3.05) is 12.8 Å². The molecule has 3 rings (SSSR count). The second kappa shape index (κ2) is 9.52. The maximum atomic E-state index is 12.3. The summed E-state index contributed by atoms with van der Waals surface area (Å²) in [6, 6.07) is 3.99. The number of hydrogen-bond donors (Lipinski definition) is 2. The Morgan fingerprint density at radius 1 is 1.29 bits per heavy atom. The van der Waals surface area contributed by atoms with E-state index < -0.39 is 0 Å². The fourth-order valence-electron chi connectivity index (χ4n) is 2.63. The van der Waals surface area contributed by atoms with Crippen LogP contribution in [0.2, 0.25) is 0 Å². The molecule has 2 amide bonds. The van der Waals surface area contributed by atoms with Crippen LogP contribution in [0.3, 0.4) is 0 Å². The quantitative estimate of drug-likeness (QED) is 0.679. The second-order valence-electron chi connectivity index (χ2n) is 5.83. The van der Waals surface area contributed by atoms with Gasteiger partial charge in [0, 0.05) is 24.9 Å². The first-order chi connectivity index (χ1) is 13.6. The summed E-state index contributed by atoms with van der Waals surface area (Å²) in [6.45, 7) is 2.76. The summed E-state index contributed by atoms with van der Waals surface area (Å²) in [7, 11) is 1.59. The van der Waals surface area contributed by atoms with Gasteiger partial charge in [-0.05, 0) is 36.9 Å². The molecule has 2 heterocycles. The summed E-state index contributed by atoms with van der Waals surface area (Å²) in [5, 5.41) is 16.7. The number of amides is 2. The van der Waals surface area contributed by atoms with E-state index >= 15 is 0 Å². The van der Waals surface area contributed by atoms with Gasteiger partial charge in [-0.15, -0.1) is 21.5 Å². The number of thioether (sulfide) groups is 1. The Morgan fingerprint density at radius 3 is 2.86 bits per heavy atom. The molecule has 0 spiro atoms. The van der Waals surface area contributed by atoms with Gasteiger partial charge in [0.2, 0.25) is 5.91 Å². The highest BCUT2D eigenvalue weighted by Crippen LogP contribution is 2.27. The average Bonchev–Trinajstić information content (AvgIpc) is 3.31. The van der Waals surface area contributed by atoms with Crippen molar-refractivity contribution in [1.29, 1.82) is 0 Å². The van der Waals surface area contributed by atoms with E-state index in [0.29, 0.717) is 17.7 Å². The number of allylic oxidation sites excluding steroid dienone is 3. The molecule has 0 saturated carbocycles. The molecule has 2 aromatic heterocycles. The number of nitrogens with zero attached hydrogens (tertiary/aromatic N) is 3. The van der Waals surface area contributed by atoms with Crippen LogP contribution >= 0.6 is 23.1 Å². The Balaban J connectivity index is 1.58. The minimum atomic E-state index is -0.145. The third-order valence-electron chi connectivity index (χ3n) is 4.00. The third-order valence-corrected chi connectivity index (χ3v) is 5.83. The van der Waals surface area contributed by atoms with Gasteiger partial charge < -0.3 is 15.2 Å². The molecule has 2 aromatic rings. The van der Waals surface area contributed by atoms with Crippen molar-refractivity contribution in [3.63, 3.8) is 0 Å². The highest BCUT2D eigenvalue weighted by atomic mass is 32.2. The van der Waals surface area contributed by atoms with Crippen LogP contribution in [0.15, 0.2) is 58.2 Å². The van der Waals surface area contributed by atoms with Crippen molar-refractivity contribution in [2.45, 2.75) is 25.0 Å². The van der Waals surface area contributed by atoms with Crippen LogP contribution in [0.25, 0.3) is 10.7 Å². The van der Waals surface area contributed by atoms with Crippen LogP contribution in [0.5, 0.6) is 0 Å². The van der Waals surface area contributed by atoms with Crippen LogP contribution in [0.1, 0.15) is 13.3 Å². The fourth-order valence-corrected chi connectivity index (χ4v) is 4.15. The van der Waals surface area contributed by atoms with E-state index in [1.54, 1.807) is 30.5 Å². The fraction of sp³-hybridized carbons (Fsp3) is 0.263. The number of nitrogens with one attached hydrogen (secondary N) is 2. The molecule has 7 nitrogen and oxygen atoms in total. The first-order valence-electron chi connectivity index (χ1n) is 8.82.